The Bertz CT molecular complexity index is 876. The standard InChI is InChI=1S/2C20H41NO3.C4H6O6/c2*1-2-3-4-5-6-7-8-9-10-11-12-13-14-15-16-17-18-21-20(23,24)19-22;5-1(3(7)8)2(6)4(9)10/h2*9-10,21-24H,2-8,11-19H2,1H3;1-2,5-6H,(H,7,8)(H,9,10)/b2*10-9-;. The van der Waals surface area contributed by atoms with Crippen molar-refractivity contribution in [3.8, 4) is 0 Å². The van der Waals surface area contributed by atoms with Crippen LogP contribution in [0.1, 0.15) is 194 Å². The lowest BCUT2D eigenvalue weighted by Gasteiger charge is -2.19. The molecule has 0 aliphatic carbocycles. The number of carboxylic acid groups (broad SMARTS) is 2. The van der Waals surface area contributed by atoms with Crippen molar-refractivity contribution in [2.45, 2.75) is 218 Å². The van der Waals surface area contributed by atoms with Crippen molar-refractivity contribution in [3.63, 3.8) is 0 Å². The van der Waals surface area contributed by atoms with Crippen LogP contribution in [-0.2, 0) is 9.59 Å². The fourth-order valence-corrected chi connectivity index (χ4v) is 5.70. The van der Waals surface area contributed by atoms with Gasteiger partial charge < -0.3 is 51.1 Å². The second-order valence-corrected chi connectivity index (χ2v) is 15.2. The van der Waals surface area contributed by atoms with E-state index in [-0.39, 0.29) is 0 Å². The smallest absolute Gasteiger partial charge is 0.335 e. The van der Waals surface area contributed by atoms with Crippen LogP contribution in [0.15, 0.2) is 24.3 Å². The summed E-state index contributed by atoms with van der Waals surface area (Å²) < 4.78 is 0. The van der Waals surface area contributed by atoms with E-state index in [1.165, 1.54) is 154 Å². The number of allylic oxidation sites excluding steroid dienone is 4. The van der Waals surface area contributed by atoms with Crippen LogP contribution in [0.25, 0.3) is 0 Å². The molecule has 58 heavy (non-hydrogen) atoms. The van der Waals surface area contributed by atoms with E-state index in [0.717, 1.165) is 25.7 Å². The molecular formula is C44H88N2O12. The first-order valence-electron chi connectivity index (χ1n) is 22.4. The van der Waals surface area contributed by atoms with Gasteiger partial charge in [0.1, 0.15) is 13.2 Å². The quantitative estimate of drug-likeness (QED) is 0.0183. The molecule has 346 valence electrons. The first-order valence-corrected chi connectivity index (χ1v) is 22.4. The Morgan fingerprint density at radius 3 is 0.879 bits per heavy atom. The molecule has 2 atom stereocenters. The van der Waals surface area contributed by atoms with E-state index < -0.39 is 49.2 Å². The summed E-state index contributed by atoms with van der Waals surface area (Å²) in [6.07, 6.45) is 40.1. The Morgan fingerprint density at radius 1 is 0.431 bits per heavy atom. The summed E-state index contributed by atoms with van der Waals surface area (Å²) in [4.78, 5) is 19.5. The van der Waals surface area contributed by atoms with Crippen LogP contribution in [0.5, 0.6) is 0 Å². The van der Waals surface area contributed by atoms with E-state index in [4.69, 9.17) is 51.1 Å². The van der Waals surface area contributed by atoms with Gasteiger partial charge in [-0.25, -0.2) is 9.59 Å². The van der Waals surface area contributed by atoms with Crippen LogP contribution in [-0.4, -0.2) is 113 Å². The predicted molar refractivity (Wildman–Crippen MR) is 231 cm³/mol. The van der Waals surface area contributed by atoms with E-state index in [9.17, 15) is 9.59 Å². The third kappa shape index (κ3) is 48.4. The zero-order valence-corrected chi connectivity index (χ0v) is 36.4. The molecule has 0 saturated heterocycles. The number of aliphatic hydroxyl groups is 8. The van der Waals surface area contributed by atoms with Gasteiger partial charge in [0, 0.05) is 13.1 Å². The zero-order valence-electron chi connectivity index (χ0n) is 36.4. The SMILES string of the molecule is CCCCCCCC/C=C\CCCCCCCCNC(O)(O)CO.CCCCCCCC/C=C\CCCCCCCCNC(O)(O)CO.O=C(O)C(O)C(O)C(=O)O. The van der Waals surface area contributed by atoms with Gasteiger partial charge in [-0.15, -0.1) is 0 Å². The van der Waals surface area contributed by atoms with Crippen molar-refractivity contribution in [1.29, 1.82) is 0 Å². The molecule has 0 spiro atoms. The Kier molecular flexibility index (Phi) is 46.4. The lowest BCUT2D eigenvalue weighted by Crippen LogP contribution is -2.48. The fourth-order valence-electron chi connectivity index (χ4n) is 5.70. The van der Waals surface area contributed by atoms with E-state index in [2.05, 4.69) is 48.8 Å². The van der Waals surface area contributed by atoms with Crippen molar-refractivity contribution < 1.29 is 60.7 Å². The molecule has 2 unspecified atom stereocenters. The van der Waals surface area contributed by atoms with Crippen LogP contribution in [0.3, 0.4) is 0 Å². The summed E-state index contributed by atoms with van der Waals surface area (Å²) in [6.45, 7) is 4.20. The van der Waals surface area contributed by atoms with Gasteiger partial charge in [0.15, 0.2) is 12.2 Å². The minimum atomic E-state index is -2.27. The maximum absolute atomic E-state index is 9.77. The summed E-state index contributed by atoms with van der Waals surface area (Å²) in [7, 11) is 0. The van der Waals surface area contributed by atoms with Crippen LogP contribution >= 0.6 is 0 Å². The first kappa shape index (κ1) is 60.3. The highest BCUT2D eigenvalue weighted by Gasteiger charge is 2.29. The van der Waals surface area contributed by atoms with Gasteiger partial charge in [0.2, 0.25) is 11.8 Å². The Balaban J connectivity index is -0.000000847. The molecule has 14 heteroatoms. The number of aliphatic hydroxyl groups excluding tert-OH is 4. The number of rotatable bonds is 39. The number of nitrogens with one attached hydrogen (secondary N) is 2. The lowest BCUT2D eigenvalue weighted by atomic mass is 10.1. The molecule has 0 rings (SSSR count). The van der Waals surface area contributed by atoms with Gasteiger partial charge in [-0.05, 0) is 64.2 Å². The molecule has 14 nitrogen and oxygen atoms in total. The summed E-state index contributed by atoms with van der Waals surface area (Å²) in [5.74, 6) is -7.78. The monoisotopic (exact) mass is 837 g/mol. The third-order valence-electron chi connectivity index (χ3n) is 9.44. The highest BCUT2D eigenvalue weighted by Crippen LogP contribution is 2.12. The molecule has 0 saturated carbocycles. The highest BCUT2D eigenvalue weighted by molar-refractivity contribution is 5.83. The molecule has 0 aromatic carbocycles. The first-order chi connectivity index (χ1) is 27.7. The van der Waals surface area contributed by atoms with Gasteiger partial charge in [-0.1, -0.05) is 154 Å². The maximum Gasteiger partial charge on any atom is 0.335 e. The Labute approximate surface area is 350 Å². The van der Waals surface area contributed by atoms with Crippen molar-refractivity contribution in [2.24, 2.45) is 0 Å². The van der Waals surface area contributed by atoms with Crippen LogP contribution < -0.4 is 10.6 Å². The second-order valence-electron chi connectivity index (χ2n) is 15.2. The number of aliphatic carboxylic acids is 2. The van der Waals surface area contributed by atoms with E-state index in [1.807, 2.05) is 0 Å². The van der Waals surface area contributed by atoms with Gasteiger partial charge in [0.25, 0.3) is 0 Å². The van der Waals surface area contributed by atoms with E-state index in [1.54, 1.807) is 0 Å². The van der Waals surface area contributed by atoms with Crippen LogP contribution in [0, 0.1) is 0 Å². The highest BCUT2D eigenvalue weighted by atomic mass is 16.5. The third-order valence-corrected chi connectivity index (χ3v) is 9.44. The largest absolute Gasteiger partial charge is 0.479 e. The van der Waals surface area contributed by atoms with Crippen molar-refractivity contribution in [2.75, 3.05) is 26.3 Å². The topological polar surface area (TPSA) is 260 Å². The molecule has 0 aliphatic heterocycles. The maximum atomic E-state index is 9.77. The molecule has 0 aromatic heterocycles. The van der Waals surface area contributed by atoms with Gasteiger partial charge in [0.05, 0.1) is 0 Å². The molecule has 0 bridgehead atoms. The Hall–Kier alpha value is -1.98. The average molecular weight is 837 g/mol. The summed E-state index contributed by atoms with van der Waals surface area (Å²) >= 11 is 0. The molecule has 0 amide bonds. The van der Waals surface area contributed by atoms with Crippen molar-refractivity contribution in [1.82, 2.24) is 10.6 Å². The molecule has 0 fully saturated rings. The van der Waals surface area contributed by atoms with Gasteiger partial charge in [-0.3, -0.25) is 10.6 Å². The molecule has 0 aliphatic rings. The second kappa shape index (κ2) is 44.6. The normalized spacial score (nSPS) is 12.9. The Morgan fingerprint density at radius 2 is 0.655 bits per heavy atom. The number of carboxylic acids is 2. The predicted octanol–water partition coefficient (Wildman–Crippen LogP) is 6.37. The fraction of sp³-hybridized carbons (Fsp3) is 0.864. The van der Waals surface area contributed by atoms with Crippen LogP contribution in [0.2, 0.25) is 0 Å². The van der Waals surface area contributed by atoms with Gasteiger partial charge in [-0.2, -0.15) is 0 Å². The summed E-state index contributed by atoms with van der Waals surface area (Å²) in [5.41, 5.74) is 0. The van der Waals surface area contributed by atoms with E-state index in [0.29, 0.717) is 13.1 Å². The van der Waals surface area contributed by atoms with E-state index >= 15 is 0 Å². The molecule has 0 aromatic rings. The minimum Gasteiger partial charge on any atom is -0.479 e. The molecule has 0 radical (unpaired) electrons. The number of unbranched alkanes of at least 4 members (excludes halogenated alkanes) is 24. The van der Waals surface area contributed by atoms with Gasteiger partial charge >= 0.3 is 11.9 Å². The number of hydrogen-bond acceptors (Lipinski definition) is 12. The number of hydrogen-bond donors (Lipinski definition) is 12. The van der Waals surface area contributed by atoms with Crippen molar-refractivity contribution in [3.05, 3.63) is 24.3 Å². The molecular weight excluding hydrogens is 748 g/mol. The molecule has 0 heterocycles. The average Bonchev–Trinajstić information content (AvgIpc) is 3.20. The summed E-state index contributed by atoms with van der Waals surface area (Å²) in [6, 6.07) is 0. The lowest BCUT2D eigenvalue weighted by molar-refractivity contribution is -0.209. The molecule has 12 N–H and O–H groups in total. The summed E-state index contributed by atoms with van der Waals surface area (Å²) in [5, 5.41) is 91.4. The zero-order chi connectivity index (χ0) is 44.2. The minimum absolute atomic E-state index is 0.523. The van der Waals surface area contributed by atoms with Crippen LogP contribution in [0.4, 0.5) is 0 Å². The van der Waals surface area contributed by atoms with Crippen molar-refractivity contribution >= 4 is 11.9 Å². The number of carbonyl (C=O) groups is 2.